The SMILES string of the molecule is Cc1cc(Br)cc(C)c1-n1ccnc1SCC(=O)O. The molecule has 0 amide bonds. The highest BCUT2D eigenvalue weighted by atomic mass is 79.9. The maximum absolute atomic E-state index is 10.7. The monoisotopic (exact) mass is 340 g/mol. The number of aromatic nitrogens is 2. The van der Waals surface area contributed by atoms with Gasteiger partial charge in [0.25, 0.3) is 0 Å². The van der Waals surface area contributed by atoms with Crippen LogP contribution in [0.5, 0.6) is 0 Å². The molecule has 1 aromatic heterocycles. The van der Waals surface area contributed by atoms with Gasteiger partial charge in [0.15, 0.2) is 5.16 Å². The lowest BCUT2D eigenvalue weighted by Gasteiger charge is -2.13. The first-order valence-electron chi connectivity index (χ1n) is 5.64. The molecule has 1 aromatic carbocycles. The predicted molar refractivity (Wildman–Crippen MR) is 79.1 cm³/mol. The van der Waals surface area contributed by atoms with E-state index in [2.05, 4.69) is 20.9 Å². The molecule has 0 unspecified atom stereocenters. The minimum atomic E-state index is -0.844. The summed E-state index contributed by atoms with van der Waals surface area (Å²) in [6, 6.07) is 4.07. The van der Waals surface area contributed by atoms with E-state index < -0.39 is 5.97 Å². The lowest BCUT2D eigenvalue weighted by Crippen LogP contribution is -2.04. The molecule has 0 aliphatic heterocycles. The molecule has 0 aliphatic carbocycles. The third kappa shape index (κ3) is 3.19. The van der Waals surface area contributed by atoms with Gasteiger partial charge in [-0.2, -0.15) is 0 Å². The molecule has 0 saturated carbocycles. The first-order chi connectivity index (χ1) is 8.99. The number of rotatable bonds is 4. The second-order valence-corrected chi connectivity index (χ2v) is 6.01. The first-order valence-corrected chi connectivity index (χ1v) is 7.42. The number of carbonyl (C=O) groups is 1. The molecule has 0 spiro atoms. The number of hydrogen-bond acceptors (Lipinski definition) is 3. The quantitative estimate of drug-likeness (QED) is 0.866. The molecule has 0 radical (unpaired) electrons. The van der Waals surface area contributed by atoms with Gasteiger partial charge in [0.1, 0.15) is 0 Å². The van der Waals surface area contributed by atoms with Gasteiger partial charge in [-0.15, -0.1) is 0 Å². The van der Waals surface area contributed by atoms with Gasteiger partial charge < -0.3 is 5.11 Å². The van der Waals surface area contributed by atoms with Crippen molar-refractivity contribution in [2.75, 3.05) is 5.75 Å². The molecule has 0 bridgehead atoms. The van der Waals surface area contributed by atoms with Gasteiger partial charge in [0.2, 0.25) is 0 Å². The number of imidazole rings is 1. The average molecular weight is 341 g/mol. The zero-order valence-corrected chi connectivity index (χ0v) is 13.0. The summed E-state index contributed by atoms with van der Waals surface area (Å²) in [5.41, 5.74) is 3.28. The minimum absolute atomic E-state index is 0.00559. The van der Waals surface area contributed by atoms with Crippen LogP contribution in [0.3, 0.4) is 0 Å². The van der Waals surface area contributed by atoms with Gasteiger partial charge in [-0.3, -0.25) is 9.36 Å². The van der Waals surface area contributed by atoms with Crippen LogP contribution >= 0.6 is 27.7 Å². The Bertz CT molecular complexity index is 602. The zero-order valence-electron chi connectivity index (χ0n) is 10.6. The van der Waals surface area contributed by atoms with Crippen LogP contribution in [-0.2, 0) is 4.79 Å². The van der Waals surface area contributed by atoms with E-state index in [0.29, 0.717) is 5.16 Å². The van der Waals surface area contributed by atoms with E-state index in [1.807, 2.05) is 36.7 Å². The summed E-state index contributed by atoms with van der Waals surface area (Å²) < 4.78 is 2.97. The number of nitrogens with zero attached hydrogens (tertiary/aromatic N) is 2. The van der Waals surface area contributed by atoms with E-state index in [0.717, 1.165) is 21.3 Å². The van der Waals surface area contributed by atoms with E-state index >= 15 is 0 Å². The Balaban J connectivity index is 2.43. The van der Waals surface area contributed by atoms with Crippen molar-refractivity contribution in [3.63, 3.8) is 0 Å². The van der Waals surface area contributed by atoms with Crippen LogP contribution < -0.4 is 0 Å². The van der Waals surface area contributed by atoms with Gasteiger partial charge in [0.05, 0.1) is 11.4 Å². The number of carboxylic acids is 1. The summed E-state index contributed by atoms with van der Waals surface area (Å²) in [6.45, 7) is 4.05. The second kappa shape index (κ2) is 5.79. The molecule has 1 heterocycles. The van der Waals surface area contributed by atoms with Crippen molar-refractivity contribution in [3.05, 3.63) is 40.1 Å². The summed E-state index contributed by atoms with van der Waals surface area (Å²) in [4.78, 5) is 14.9. The standard InChI is InChI=1S/C13H13BrN2O2S/c1-8-5-10(14)6-9(2)12(8)16-4-3-15-13(16)19-7-11(17)18/h3-6H,7H2,1-2H3,(H,17,18). The smallest absolute Gasteiger partial charge is 0.313 e. The molecule has 0 saturated heterocycles. The van der Waals surface area contributed by atoms with E-state index in [1.165, 1.54) is 11.8 Å². The minimum Gasteiger partial charge on any atom is -0.481 e. The molecular formula is C13H13BrN2O2S. The maximum atomic E-state index is 10.7. The molecule has 0 fully saturated rings. The second-order valence-electron chi connectivity index (χ2n) is 4.15. The number of aryl methyl sites for hydroxylation is 2. The zero-order chi connectivity index (χ0) is 14.0. The lowest BCUT2D eigenvalue weighted by molar-refractivity contribution is -0.133. The highest BCUT2D eigenvalue weighted by Crippen LogP contribution is 2.27. The van der Waals surface area contributed by atoms with E-state index in [-0.39, 0.29) is 5.75 Å². The summed E-state index contributed by atoms with van der Waals surface area (Å²) in [7, 11) is 0. The van der Waals surface area contributed by atoms with Crippen LogP contribution in [0.15, 0.2) is 34.2 Å². The van der Waals surface area contributed by atoms with Crippen LogP contribution in [-0.4, -0.2) is 26.4 Å². The highest BCUT2D eigenvalue weighted by molar-refractivity contribution is 9.10. The van der Waals surface area contributed by atoms with Crippen molar-refractivity contribution in [3.8, 4) is 5.69 Å². The molecular weight excluding hydrogens is 328 g/mol. The Morgan fingerprint density at radius 2 is 2.05 bits per heavy atom. The Hall–Kier alpha value is -1.27. The number of thioether (sulfide) groups is 1. The Labute approximate surface area is 124 Å². The Kier molecular flexibility index (Phi) is 4.31. The number of halogens is 1. The highest BCUT2D eigenvalue weighted by Gasteiger charge is 2.12. The molecule has 2 rings (SSSR count). The molecule has 0 atom stereocenters. The Morgan fingerprint density at radius 1 is 1.42 bits per heavy atom. The fraction of sp³-hybridized carbons (Fsp3) is 0.231. The van der Waals surface area contributed by atoms with Gasteiger partial charge in [0, 0.05) is 16.9 Å². The number of benzene rings is 1. The summed E-state index contributed by atoms with van der Waals surface area (Å²) in [5.74, 6) is -0.838. The first kappa shape index (κ1) is 14.1. The lowest BCUT2D eigenvalue weighted by atomic mass is 10.1. The van der Waals surface area contributed by atoms with Crippen molar-refractivity contribution in [2.45, 2.75) is 19.0 Å². The van der Waals surface area contributed by atoms with Crippen LogP contribution in [0.25, 0.3) is 5.69 Å². The third-order valence-corrected chi connectivity index (χ3v) is 4.04. The van der Waals surface area contributed by atoms with E-state index in [9.17, 15) is 4.79 Å². The van der Waals surface area contributed by atoms with Crippen LogP contribution in [0.1, 0.15) is 11.1 Å². The molecule has 19 heavy (non-hydrogen) atoms. The third-order valence-electron chi connectivity index (χ3n) is 2.63. The normalized spacial score (nSPS) is 10.7. The molecule has 2 aromatic rings. The predicted octanol–water partition coefficient (Wildman–Crippen LogP) is 3.43. The summed E-state index contributed by atoms with van der Waals surface area (Å²) in [5, 5.41) is 9.45. The average Bonchev–Trinajstić information content (AvgIpc) is 2.73. The van der Waals surface area contributed by atoms with Crippen LogP contribution in [0, 0.1) is 13.8 Å². The van der Waals surface area contributed by atoms with E-state index in [4.69, 9.17) is 5.11 Å². The van der Waals surface area contributed by atoms with Crippen molar-refractivity contribution >= 4 is 33.7 Å². The topological polar surface area (TPSA) is 55.1 Å². The van der Waals surface area contributed by atoms with Gasteiger partial charge in [-0.1, -0.05) is 27.7 Å². The fourth-order valence-corrected chi connectivity index (χ4v) is 3.34. The summed E-state index contributed by atoms with van der Waals surface area (Å²) in [6.07, 6.45) is 3.54. The molecule has 4 nitrogen and oxygen atoms in total. The molecule has 100 valence electrons. The number of carboxylic acid groups (broad SMARTS) is 1. The number of hydrogen-bond donors (Lipinski definition) is 1. The Morgan fingerprint density at radius 3 is 2.63 bits per heavy atom. The molecule has 6 heteroatoms. The van der Waals surface area contributed by atoms with Crippen molar-refractivity contribution < 1.29 is 9.90 Å². The van der Waals surface area contributed by atoms with Gasteiger partial charge >= 0.3 is 5.97 Å². The van der Waals surface area contributed by atoms with E-state index in [1.54, 1.807) is 6.20 Å². The largest absolute Gasteiger partial charge is 0.481 e. The van der Waals surface area contributed by atoms with Crippen molar-refractivity contribution in [1.82, 2.24) is 9.55 Å². The van der Waals surface area contributed by atoms with Crippen molar-refractivity contribution in [2.24, 2.45) is 0 Å². The molecule has 0 aliphatic rings. The van der Waals surface area contributed by atoms with Crippen LogP contribution in [0.4, 0.5) is 0 Å². The van der Waals surface area contributed by atoms with Gasteiger partial charge in [-0.25, -0.2) is 4.98 Å². The van der Waals surface area contributed by atoms with Gasteiger partial charge in [-0.05, 0) is 37.1 Å². The fourth-order valence-electron chi connectivity index (χ4n) is 1.98. The number of aliphatic carboxylic acids is 1. The van der Waals surface area contributed by atoms with Crippen LogP contribution in [0.2, 0.25) is 0 Å². The summed E-state index contributed by atoms with van der Waals surface area (Å²) >= 11 is 4.69. The maximum Gasteiger partial charge on any atom is 0.313 e. The molecule has 1 N–H and O–H groups in total. The van der Waals surface area contributed by atoms with Crippen molar-refractivity contribution in [1.29, 1.82) is 0 Å².